The van der Waals surface area contributed by atoms with Gasteiger partial charge >= 0.3 is 0 Å². The van der Waals surface area contributed by atoms with E-state index < -0.39 is 0 Å². The maximum absolute atomic E-state index is 12.2. The quantitative estimate of drug-likeness (QED) is 0.612. The summed E-state index contributed by atoms with van der Waals surface area (Å²) in [5.74, 6) is 1.51. The Hall–Kier alpha value is -2.75. The lowest BCUT2D eigenvalue weighted by Gasteiger charge is -2.08. The Kier molecular flexibility index (Phi) is 5.80. The van der Waals surface area contributed by atoms with E-state index in [-0.39, 0.29) is 5.78 Å². The van der Waals surface area contributed by atoms with E-state index in [9.17, 15) is 4.79 Å². The molecule has 0 heterocycles. The van der Waals surface area contributed by atoms with Gasteiger partial charge in [-0.15, -0.1) is 0 Å². The van der Waals surface area contributed by atoms with Crippen molar-refractivity contribution in [3.05, 3.63) is 65.9 Å². The second-order valence-corrected chi connectivity index (χ2v) is 5.00. The molecule has 0 radical (unpaired) electrons. The van der Waals surface area contributed by atoms with Gasteiger partial charge in [0, 0.05) is 23.0 Å². The Morgan fingerprint density at radius 3 is 2.22 bits per heavy atom. The number of carbonyl (C=O) groups excluding carboxylic acids is 1. The summed E-state index contributed by atoms with van der Waals surface area (Å²) in [7, 11) is 1.60. The molecule has 0 spiro atoms. The first-order chi connectivity index (χ1) is 11.1. The van der Waals surface area contributed by atoms with Gasteiger partial charge in [0.25, 0.3) is 0 Å². The van der Waals surface area contributed by atoms with Gasteiger partial charge in [-0.1, -0.05) is 0 Å². The number of nitrogens with one attached hydrogen (secondary N) is 1. The van der Waals surface area contributed by atoms with Crippen molar-refractivity contribution in [1.82, 2.24) is 0 Å². The molecule has 0 fully saturated rings. The van der Waals surface area contributed by atoms with Gasteiger partial charge in [-0.25, -0.2) is 0 Å². The number of carbonyl (C=O) groups is 1. The maximum atomic E-state index is 12.2. The summed E-state index contributed by atoms with van der Waals surface area (Å²) in [5.41, 5.74) is 2.30. The molecule has 0 aliphatic rings. The molecule has 0 unspecified atom stereocenters. The van der Waals surface area contributed by atoms with Crippen LogP contribution in [0.2, 0.25) is 0 Å². The van der Waals surface area contributed by atoms with Gasteiger partial charge in [-0.05, 0) is 62.4 Å². The van der Waals surface area contributed by atoms with Crippen LogP contribution in [0.1, 0.15) is 24.2 Å². The number of ether oxygens (including phenoxy) is 2. The summed E-state index contributed by atoms with van der Waals surface area (Å²) < 4.78 is 10.5. The molecule has 2 rings (SSSR count). The van der Waals surface area contributed by atoms with Crippen LogP contribution in [0.15, 0.2) is 60.3 Å². The highest BCUT2D eigenvalue weighted by molar-refractivity contribution is 6.05. The van der Waals surface area contributed by atoms with Crippen LogP contribution in [0.25, 0.3) is 0 Å². The summed E-state index contributed by atoms with van der Waals surface area (Å²) in [6.45, 7) is 4.45. The minimum Gasteiger partial charge on any atom is -0.497 e. The van der Waals surface area contributed by atoms with Crippen molar-refractivity contribution >= 4 is 11.5 Å². The molecule has 0 atom stereocenters. The number of allylic oxidation sites excluding steroid dienone is 2. The first-order valence-corrected chi connectivity index (χ1v) is 7.49. The molecule has 1 N–H and O–H groups in total. The van der Waals surface area contributed by atoms with Crippen molar-refractivity contribution in [1.29, 1.82) is 0 Å². The Balaban J connectivity index is 2.01. The average molecular weight is 311 g/mol. The van der Waals surface area contributed by atoms with Gasteiger partial charge in [0.15, 0.2) is 5.78 Å². The predicted octanol–water partition coefficient (Wildman–Crippen LogP) is 4.29. The van der Waals surface area contributed by atoms with Crippen molar-refractivity contribution in [3.63, 3.8) is 0 Å². The molecular formula is C19H21NO3. The summed E-state index contributed by atoms with van der Waals surface area (Å²) in [5, 5.41) is 3.19. The molecule has 0 saturated heterocycles. The topological polar surface area (TPSA) is 47.6 Å². The van der Waals surface area contributed by atoms with Gasteiger partial charge in [0.2, 0.25) is 0 Å². The van der Waals surface area contributed by atoms with Crippen LogP contribution in [-0.4, -0.2) is 19.5 Å². The lowest BCUT2D eigenvalue weighted by atomic mass is 10.1. The summed E-state index contributed by atoms with van der Waals surface area (Å²) in [6, 6.07) is 14.7. The van der Waals surface area contributed by atoms with E-state index in [0.717, 1.165) is 22.9 Å². The zero-order chi connectivity index (χ0) is 16.7. The number of methoxy groups -OCH3 is 1. The highest BCUT2D eigenvalue weighted by Crippen LogP contribution is 2.17. The molecule has 0 bridgehead atoms. The van der Waals surface area contributed by atoms with Gasteiger partial charge in [-0.3, -0.25) is 4.79 Å². The Morgan fingerprint density at radius 2 is 1.65 bits per heavy atom. The molecule has 4 nitrogen and oxygen atoms in total. The zero-order valence-corrected chi connectivity index (χ0v) is 13.6. The van der Waals surface area contributed by atoms with Gasteiger partial charge in [0.1, 0.15) is 11.5 Å². The summed E-state index contributed by atoms with van der Waals surface area (Å²) in [6.07, 6.45) is 1.58. The molecule has 23 heavy (non-hydrogen) atoms. The molecule has 0 aromatic heterocycles. The van der Waals surface area contributed by atoms with E-state index in [0.29, 0.717) is 12.2 Å². The van der Waals surface area contributed by atoms with Crippen molar-refractivity contribution in [2.24, 2.45) is 0 Å². The number of rotatable bonds is 7. The first-order valence-electron chi connectivity index (χ1n) is 7.49. The number of benzene rings is 2. The maximum Gasteiger partial charge on any atom is 0.187 e. The van der Waals surface area contributed by atoms with Crippen LogP contribution in [0.3, 0.4) is 0 Å². The fraction of sp³-hybridized carbons (Fsp3) is 0.211. The molecule has 2 aromatic rings. The van der Waals surface area contributed by atoms with Crippen LogP contribution in [0.4, 0.5) is 5.69 Å². The van der Waals surface area contributed by atoms with E-state index in [1.54, 1.807) is 37.5 Å². The van der Waals surface area contributed by atoms with Crippen LogP contribution < -0.4 is 14.8 Å². The monoisotopic (exact) mass is 311 g/mol. The van der Waals surface area contributed by atoms with Crippen LogP contribution >= 0.6 is 0 Å². The third-order valence-electron chi connectivity index (χ3n) is 3.23. The van der Waals surface area contributed by atoms with E-state index >= 15 is 0 Å². The van der Waals surface area contributed by atoms with Crippen LogP contribution in [0, 0.1) is 0 Å². The Bertz CT molecular complexity index is 673. The summed E-state index contributed by atoms with van der Waals surface area (Å²) in [4.78, 5) is 12.2. The third-order valence-corrected chi connectivity index (χ3v) is 3.23. The molecule has 0 aliphatic carbocycles. The molecule has 2 aromatic carbocycles. The van der Waals surface area contributed by atoms with Crippen molar-refractivity contribution in [2.45, 2.75) is 13.8 Å². The van der Waals surface area contributed by atoms with Crippen molar-refractivity contribution in [2.75, 3.05) is 19.0 Å². The van der Waals surface area contributed by atoms with E-state index in [1.807, 2.05) is 38.1 Å². The fourth-order valence-corrected chi connectivity index (χ4v) is 2.10. The third kappa shape index (κ3) is 4.88. The highest BCUT2D eigenvalue weighted by Gasteiger charge is 2.04. The van der Waals surface area contributed by atoms with Crippen LogP contribution in [-0.2, 0) is 0 Å². The van der Waals surface area contributed by atoms with Gasteiger partial charge in [0.05, 0.1) is 13.7 Å². The zero-order valence-electron chi connectivity index (χ0n) is 13.6. The second kappa shape index (κ2) is 8.03. The molecule has 0 amide bonds. The minimum atomic E-state index is -0.0522. The van der Waals surface area contributed by atoms with Crippen molar-refractivity contribution < 1.29 is 14.3 Å². The highest BCUT2D eigenvalue weighted by atomic mass is 16.5. The second-order valence-electron chi connectivity index (χ2n) is 5.00. The predicted molar refractivity (Wildman–Crippen MR) is 92.3 cm³/mol. The Labute approximate surface area is 136 Å². The molecule has 0 aliphatic heterocycles. The lowest BCUT2D eigenvalue weighted by Crippen LogP contribution is -2.01. The number of anilines is 1. The smallest absolute Gasteiger partial charge is 0.187 e. The van der Waals surface area contributed by atoms with E-state index in [4.69, 9.17) is 9.47 Å². The Morgan fingerprint density at radius 1 is 1.04 bits per heavy atom. The van der Waals surface area contributed by atoms with Gasteiger partial charge in [-0.2, -0.15) is 0 Å². The standard InChI is InChI=1S/C19H21NO3/c1-4-23-18-11-7-16(8-12-18)20-14(2)13-19(21)15-5-9-17(22-3)10-6-15/h5-13,20H,4H2,1-3H3. The lowest BCUT2D eigenvalue weighted by molar-refractivity contribution is 0.104. The molecule has 4 heteroatoms. The SMILES string of the molecule is CCOc1ccc(NC(C)=CC(=O)c2ccc(OC)cc2)cc1. The van der Waals surface area contributed by atoms with E-state index in [1.165, 1.54) is 0 Å². The van der Waals surface area contributed by atoms with Gasteiger partial charge < -0.3 is 14.8 Å². The molecule has 0 saturated carbocycles. The minimum absolute atomic E-state index is 0.0522. The average Bonchev–Trinajstić information content (AvgIpc) is 2.57. The normalized spacial score (nSPS) is 11.0. The molecule has 120 valence electrons. The molecular weight excluding hydrogens is 290 g/mol. The number of hydrogen-bond acceptors (Lipinski definition) is 4. The number of hydrogen-bond donors (Lipinski definition) is 1. The van der Waals surface area contributed by atoms with E-state index in [2.05, 4.69) is 5.32 Å². The first kappa shape index (κ1) is 16.6. The fourth-order valence-electron chi connectivity index (χ4n) is 2.10. The van der Waals surface area contributed by atoms with Crippen LogP contribution in [0.5, 0.6) is 11.5 Å². The number of ketones is 1. The largest absolute Gasteiger partial charge is 0.497 e. The van der Waals surface area contributed by atoms with Crippen molar-refractivity contribution in [3.8, 4) is 11.5 Å². The summed E-state index contributed by atoms with van der Waals surface area (Å²) >= 11 is 0.